The third kappa shape index (κ3) is 5.94. The lowest BCUT2D eigenvalue weighted by Gasteiger charge is -2.21. The van der Waals surface area contributed by atoms with Crippen molar-refractivity contribution in [2.45, 2.75) is 51.9 Å². The molecule has 5 aromatic rings. The van der Waals surface area contributed by atoms with Gasteiger partial charge in [0.2, 0.25) is 0 Å². The van der Waals surface area contributed by atoms with Crippen LogP contribution in [-0.4, -0.2) is 37.1 Å². The van der Waals surface area contributed by atoms with E-state index in [9.17, 15) is 24.6 Å². The monoisotopic (exact) mass is 583 g/mol. The first kappa shape index (κ1) is 29.4. The Morgan fingerprint density at radius 1 is 1.00 bits per heavy atom. The van der Waals surface area contributed by atoms with Crippen LogP contribution in [0.15, 0.2) is 76.4 Å². The van der Waals surface area contributed by atoms with Gasteiger partial charge in [-0.1, -0.05) is 42.7 Å². The largest absolute Gasteiger partial charge is 0.478 e. The number of carbonyl (C=O) groups is 2. The molecule has 1 aliphatic carbocycles. The van der Waals surface area contributed by atoms with Crippen LogP contribution < -0.4 is 5.43 Å². The van der Waals surface area contributed by atoms with Gasteiger partial charge < -0.3 is 14.6 Å². The number of nitrogens with zero attached hydrogens (tertiary/aromatic N) is 3. The smallest absolute Gasteiger partial charge is 0.336 e. The van der Waals surface area contributed by atoms with E-state index in [0.717, 1.165) is 43.9 Å². The molecule has 9 nitrogen and oxygen atoms in total. The number of halogens is 1. The number of para-hydroxylation sites is 1. The fourth-order valence-electron chi connectivity index (χ4n) is 5.67. The summed E-state index contributed by atoms with van der Waals surface area (Å²) < 4.78 is 22.9. The number of aryl methyl sites for hydroxylation is 1. The van der Waals surface area contributed by atoms with E-state index in [2.05, 4.69) is 10.3 Å². The molecule has 0 saturated heterocycles. The molecule has 2 N–H and O–H groups in total. The predicted molar refractivity (Wildman–Crippen MR) is 158 cm³/mol. The third-order valence-electron chi connectivity index (χ3n) is 7.85. The number of rotatable bonds is 5. The zero-order chi connectivity index (χ0) is 30.7. The van der Waals surface area contributed by atoms with Gasteiger partial charge in [-0.25, -0.2) is 18.7 Å². The molecular formula is C33H30FN3O6. The zero-order valence-electron chi connectivity index (χ0n) is 23.7. The van der Waals surface area contributed by atoms with E-state index in [1.165, 1.54) is 25.3 Å². The average Bonchev–Trinajstić information content (AvgIpc) is 3.55. The Labute approximate surface area is 246 Å². The number of carboxylic acids is 2. The summed E-state index contributed by atoms with van der Waals surface area (Å²) in [6, 6.07) is 13.7. The molecule has 220 valence electrons. The average molecular weight is 584 g/mol. The molecule has 43 heavy (non-hydrogen) atoms. The molecule has 0 unspecified atom stereocenters. The number of aromatic carboxylic acids is 2. The third-order valence-corrected chi connectivity index (χ3v) is 7.85. The Morgan fingerprint density at radius 3 is 2.35 bits per heavy atom. The molecule has 0 radical (unpaired) electrons. The first-order valence-corrected chi connectivity index (χ1v) is 13.9. The summed E-state index contributed by atoms with van der Waals surface area (Å²) in [6.07, 6.45) is 9.77. The van der Waals surface area contributed by atoms with Crippen molar-refractivity contribution in [3.8, 4) is 16.8 Å². The van der Waals surface area contributed by atoms with E-state index in [1.54, 1.807) is 17.8 Å². The first-order chi connectivity index (χ1) is 20.7. The number of hydrogen-bond acceptors (Lipinski definition) is 6. The predicted octanol–water partition coefficient (Wildman–Crippen LogP) is 6.93. The first-order valence-electron chi connectivity index (χ1n) is 13.9. The molecule has 0 atom stereocenters. The highest BCUT2D eigenvalue weighted by atomic mass is 19.1. The molecule has 1 saturated carbocycles. The SMILES string of the molecule is Cc1cc(C(=O)O)cc(C(=O)O)c1-c1cc2occ(C3CCCCC3)c(=O)c2c(F)c1C.c1ccc(-n2ccnn2)cc1. The standard InChI is InChI=1S/C25H23FO6.C8H7N3/c1-12-8-15(24(28)29)9-17(25(30)31)20(12)16-10-19-21(22(26)13(16)2)23(27)18(11-32-19)14-6-4-3-5-7-14;1-2-4-8(5-3-1)11-7-6-9-10-11/h8-11,14H,3-7H2,1-2H3,(H,28,29)(H,30,31);1-7H. The van der Waals surface area contributed by atoms with Gasteiger partial charge in [0.15, 0.2) is 5.43 Å². The van der Waals surface area contributed by atoms with Crippen molar-refractivity contribution in [2.24, 2.45) is 0 Å². The highest BCUT2D eigenvalue weighted by Crippen LogP contribution is 2.37. The lowest BCUT2D eigenvalue weighted by Crippen LogP contribution is -2.17. The second-order valence-electron chi connectivity index (χ2n) is 10.6. The van der Waals surface area contributed by atoms with Gasteiger partial charge in [-0.2, -0.15) is 0 Å². The van der Waals surface area contributed by atoms with Crippen LogP contribution in [-0.2, 0) is 0 Å². The van der Waals surface area contributed by atoms with Gasteiger partial charge in [-0.3, -0.25) is 4.79 Å². The fourth-order valence-corrected chi connectivity index (χ4v) is 5.67. The lowest BCUT2D eigenvalue weighted by molar-refractivity contribution is 0.0696. The summed E-state index contributed by atoms with van der Waals surface area (Å²) in [5, 5.41) is 26.4. The second-order valence-corrected chi connectivity index (χ2v) is 10.6. The zero-order valence-corrected chi connectivity index (χ0v) is 23.7. The molecule has 0 amide bonds. The van der Waals surface area contributed by atoms with Gasteiger partial charge in [0.25, 0.3) is 0 Å². The van der Waals surface area contributed by atoms with Gasteiger partial charge in [0.05, 0.1) is 35.5 Å². The van der Waals surface area contributed by atoms with E-state index in [0.29, 0.717) is 11.1 Å². The van der Waals surface area contributed by atoms with Crippen LogP contribution in [0, 0.1) is 19.7 Å². The number of carboxylic acid groups (broad SMARTS) is 2. The van der Waals surface area contributed by atoms with Gasteiger partial charge in [-0.05, 0) is 85.2 Å². The fraction of sp³-hybridized carbons (Fsp3) is 0.242. The molecule has 1 fully saturated rings. The molecule has 0 spiro atoms. The maximum Gasteiger partial charge on any atom is 0.336 e. The topological polar surface area (TPSA) is 136 Å². The van der Waals surface area contributed by atoms with E-state index in [1.807, 2.05) is 36.5 Å². The Kier molecular flexibility index (Phi) is 8.47. The van der Waals surface area contributed by atoms with E-state index < -0.39 is 17.8 Å². The number of aromatic nitrogens is 3. The van der Waals surface area contributed by atoms with Crippen molar-refractivity contribution in [3.05, 3.63) is 111 Å². The Balaban J connectivity index is 0.000000279. The quantitative estimate of drug-likeness (QED) is 0.227. The molecule has 0 bridgehead atoms. The highest BCUT2D eigenvalue weighted by molar-refractivity contribution is 6.02. The van der Waals surface area contributed by atoms with Gasteiger partial charge in [0.1, 0.15) is 16.8 Å². The minimum Gasteiger partial charge on any atom is -0.478 e. The Hall–Kier alpha value is -5.12. The number of fused-ring (bicyclic) bond motifs is 1. The lowest BCUT2D eigenvalue weighted by atomic mass is 9.84. The minimum absolute atomic E-state index is 0.0331. The summed E-state index contributed by atoms with van der Waals surface area (Å²) in [6.45, 7) is 3.05. The highest BCUT2D eigenvalue weighted by Gasteiger charge is 2.26. The molecule has 2 heterocycles. The summed E-state index contributed by atoms with van der Waals surface area (Å²) in [5.41, 5.74) is 1.64. The minimum atomic E-state index is -1.33. The summed E-state index contributed by atoms with van der Waals surface area (Å²) in [4.78, 5) is 36.4. The van der Waals surface area contributed by atoms with Crippen molar-refractivity contribution < 1.29 is 28.6 Å². The van der Waals surface area contributed by atoms with Crippen molar-refractivity contribution in [3.63, 3.8) is 0 Å². The van der Waals surface area contributed by atoms with Crippen LogP contribution in [0.1, 0.15) is 75.4 Å². The van der Waals surface area contributed by atoms with Crippen molar-refractivity contribution >= 4 is 22.9 Å². The van der Waals surface area contributed by atoms with Crippen molar-refractivity contribution in [1.29, 1.82) is 0 Å². The van der Waals surface area contributed by atoms with Crippen LogP contribution in [0.4, 0.5) is 4.39 Å². The molecular weight excluding hydrogens is 553 g/mol. The van der Waals surface area contributed by atoms with E-state index in [-0.39, 0.29) is 50.1 Å². The van der Waals surface area contributed by atoms with Crippen LogP contribution >= 0.6 is 0 Å². The molecule has 6 rings (SSSR count). The molecule has 1 aliphatic rings. The van der Waals surface area contributed by atoms with Crippen LogP contribution in [0.25, 0.3) is 27.8 Å². The normalized spacial score (nSPS) is 13.4. The van der Waals surface area contributed by atoms with Crippen LogP contribution in [0.2, 0.25) is 0 Å². The summed E-state index contributed by atoms with van der Waals surface area (Å²) in [7, 11) is 0. The maximum atomic E-state index is 15.5. The summed E-state index contributed by atoms with van der Waals surface area (Å²) >= 11 is 0. The number of hydrogen-bond donors (Lipinski definition) is 2. The van der Waals surface area contributed by atoms with Gasteiger partial charge >= 0.3 is 11.9 Å². The molecule has 10 heteroatoms. The molecule has 3 aromatic carbocycles. The number of benzene rings is 3. The second kappa shape index (κ2) is 12.4. The Bertz CT molecular complexity index is 1860. The van der Waals surface area contributed by atoms with Crippen molar-refractivity contribution in [1.82, 2.24) is 15.0 Å². The van der Waals surface area contributed by atoms with E-state index >= 15 is 4.39 Å². The van der Waals surface area contributed by atoms with Crippen LogP contribution in [0.5, 0.6) is 0 Å². The van der Waals surface area contributed by atoms with Crippen LogP contribution in [0.3, 0.4) is 0 Å². The molecule has 2 aromatic heterocycles. The maximum absolute atomic E-state index is 15.5. The van der Waals surface area contributed by atoms with E-state index in [4.69, 9.17) is 4.42 Å². The van der Waals surface area contributed by atoms with Gasteiger partial charge in [0, 0.05) is 5.56 Å². The summed E-state index contributed by atoms with van der Waals surface area (Å²) in [5.74, 6) is -3.29. The van der Waals surface area contributed by atoms with Gasteiger partial charge in [-0.15, -0.1) is 5.10 Å². The van der Waals surface area contributed by atoms with Crippen molar-refractivity contribution in [2.75, 3.05) is 0 Å². The Morgan fingerprint density at radius 2 is 1.72 bits per heavy atom. The molecule has 0 aliphatic heterocycles.